The molecule has 2 aliphatic carbocycles. The van der Waals surface area contributed by atoms with Gasteiger partial charge in [0, 0.05) is 0 Å². The molecule has 6 rings (SSSR count). The second kappa shape index (κ2) is 16.6. The third-order valence-corrected chi connectivity index (χ3v) is 18.9. The fourth-order valence-corrected chi connectivity index (χ4v) is 16.4. The van der Waals surface area contributed by atoms with E-state index in [0.29, 0.717) is 5.92 Å². The average Bonchev–Trinajstić information content (AvgIpc) is 3.64. The summed E-state index contributed by atoms with van der Waals surface area (Å²) < 4.78 is 4.83. The molecule has 0 N–H and O–H groups in total. The summed E-state index contributed by atoms with van der Waals surface area (Å²) in [6.07, 6.45) is 9.91. The molecule has 2 aliphatic rings. The molecule has 4 aromatic rings. The van der Waals surface area contributed by atoms with Gasteiger partial charge in [-0.3, -0.25) is 0 Å². The third-order valence-electron chi connectivity index (χ3n) is 10.6. The van der Waals surface area contributed by atoms with Crippen LogP contribution in [0.1, 0.15) is 122 Å². The van der Waals surface area contributed by atoms with E-state index in [0.717, 1.165) is 16.5 Å². The van der Waals surface area contributed by atoms with Gasteiger partial charge in [0.05, 0.1) is 0 Å². The summed E-state index contributed by atoms with van der Waals surface area (Å²) in [6, 6.07) is 29.8. The molecule has 0 aliphatic heterocycles. The van der Waals surface area contributed by atoms with Crippen molar-refractivity contribution in [2.24, 2.45) is 11.3 Å². The van der Waals surface area contributed by atoms with E-state index in [1.807, 2.05) is 0 Å². The van der Waals surface area contributed by atoms with Crippen LogP contribution in [0.5, 0.6) is 0 Å². The number of unbranched alkanes of at least 4 members (excludes halogenated alkanes) is 1. The fraction of sp³-hybridized carbons (Fsp3) is 0.383. The SMILES string of the molecule is CCCCC1C=C(C(C)(C)C)C=[C]1[Zr+2](=[C](c1ccc(Cl)cc1)c1ccc(Cl)cc1)[c]1cc(C(C)(C)C)cc2c1Cc1ccc(C(C)(C)C)cc1-2.[Cl-].[Cl-]. The molecular weight excluding hydrogens is 798 g/mol. The summed E-state index contributed by atoms with van der Waals surface area (Å²) >= 11 is 10.1. The van der Waals surface area contributed by atoms with E-state index in [9.17, 15) is 0 Å². The Morgan fingerprint density at radius 1 is 0.673 bits per heavy atom. The quantitative estimate of drug-likeness (QED) is 0.161. The maximum atomic E-state index is 6.57. The number of halogens is 4. The number of rotatable bonds is 7. The van der Waals surface area contributed by atoms with Crippen LogP contribution in [-0.4, -0.2) is 3.21 Å². The second-order valence-electron chi connectivity index (χ2n) is 17.6. The monoisotopic (exact) mass is 848 g/mol. The van der Waals surface area contributed by atoms with Crippen LogP contribution in [0.15, 0.2) is 99.9 Å². The normalized spacial score (nSPS) is 15.0. The van der Waals surface area contributed by atoms with Crippen LogP contribution in [0.2, 0.25) is 10.0 Å². The Bertz CT molecular complexity index is 1960. The largest absolute Gasteiger partial charge is 1.00 e. The molecule has 0 saturated carbocycles. The minimum atomic E-state index is -3.04. The van der Waals surface area contributed by atoms with Gasteiger partial charge in [0.2, 0.25) is 0 Å². The van der Waals surface area contributed by atoms with Gasteiger partial charge in [0.25, 0.3) is 0 Å². The van der Waals surface area contributed by atoms with Gasteiger partial charge in [-0.25, -0.2) is 0 Å². The number of benzene rings is 4. The standard InChI is InChI=1S/C21H25.C13H8Cl2.C13H21.2ClH.Zr/c1-20(2,3)16-9-7-14-11-15-8-10-17(21(4,5)6)13-19(15)18(14)12-16;14-12-5-1-10(2-6-12)9-11-3-7-13(15)8-4-11;1-5-6-7-11-8-9-12(10-11)13(2,3)4;;;/h7,9-10,12-13H,11H2,1-6H3;1-8H;9-11H,5-7H2,1-4H3;2*1H;/q;;;;;+2/p-2. The van der Waals surface area contributed by atoms with E-state index in [1.165, 1.54) is 67.0 Å². The van der Waals surface area contributed by atoms with E-state index >= 15 is 0 Å². The molecule has 0 radical (unpaired) electrons. The summed E-state index contributed by atoms with van der Waals surface area (Å²) in [5, 5.41) is 1.54. The van der Waals surface area contributed by atoms with E-state index in [-0.39, 0.29) is 41.1 Å². The van der Waals surface area contributed by atoms with Crippen molar-refractivity contribution in [3.63, 3.8) is 0 Å². The van der Waals surface area contributed by atoms with Crippen LogP contribution in [0.3, 0.4) is 0 Å². The molecule has 0 bridgehead atoms. The summed E-state index contributed by atoms with van der Waals surface area (Å²) in [7, 11) is 0. The molecule has 1 unspecified atom stereocenters. The number of fused-ring (bicyclic) bond motifs is 3. The van der Waals surface area contributed by atoms with Crippen LogP contribution in [0.25, 0.3) is 11.1 Å². The molecular formula is C47H54Cl4Zr. The van der Waals surface area contributed by atoms with Gasteiger partial charge in [-0.05, 0) is 0 Å². The first-order valence-corrected chi connectivity index (χ1v) is 22.9. The van der Waals surface area contributed by atoms with Crippen LogP contribution in [0, 0.1) is 11.3 Å². The molecule has 52 heavy (non-hydrogen) atoms. The first kappa shape index (κ1) is 43.0. The molecule has 0 aromatic heterocycles. The first-order valence-electron chi connectivity index (χ1n) is 18.5. The molecule has 5 heteroatoms. The van der Waals surface area contributed by atoms with E-state index in [1.54, 1.807) is 12.1 Å². The molecule has 274 valence electrons. The molecule has 1 atom stereocenters. The van der Waals surface area contributed by atoms with Crippen molar-refractivity contribution in [3.8, 4) is 11.1 Å². The minimum Gasteiger partial charge on any atom is -1.00 e. The maximum absolute atomic E-state index is 6.57. The predicted molar refractivity (Wildman–Crippen MR) is 216 cm³/mol. The molecule has 0 amide bonds. The van der Waals surface area contributed by atoms with Crippen molar-refractivity contribution >= 4 is 29.7 Å². The van der Waals surface area contributed by atoms with E-state index in [2.05, 4.69) is 160 Å². The maximum Gasteiger partial charge on any atom is -1.00 e. The van der Waals surface area contributed by atoms with Crippen molar-refractivity contribution in [1.82, 2.24) is 0 Å². The van der Waals surface area contributed by atoms with E-state index < -0.39 is 21.3 Å². The summed E-state index contributed by atoms with van der Waals surface area (Å²) in [5.41, 5.74) is 12.9. The van der Waals surface area contributed by atoms with Gasteiger partial charge in [-0.15, -0.1) is 0 Å². The number of hydrogen-bond acceptors (Lipinski definition) is 0. The smallest absolute Gasteiger partial charge is 1.00 e. The summed E-state index contributed by atoms with van der Waals surface area (Å²) in [4.78, 5) is 0. The van der Waals surface area contributed by atoms with Crippen LogP contribution < -0.4 is 28.1 Å². The van der Waals surface area contributed by atoms with Crippen molar-refractivity contribution in [2.75, 3.05) is 0 Å². The Morgan fingerprint density at radius 2 is 1.21 bits per heavy atom. The van der Waals surface area contributed by atoms with Gasteiger partial charge in [-0.2, -0.15) is 0 Å². The molecule has 0 fully saturated rings. The predicted octanol–water partition coefficient (Wildman–Crippen LogP) is 7.36. The third kappa shape index (κ3) is 9.03. The Kier molecular flexibility index (Phi) is 13.7. The second-order valence-corrected chi connectivity index (χ2v) is 24.3. The zero-order valence-electron chi connectivity index (χ0n) is 32.6. The van der Waals surface area contributed by atoms with E-state index in [4.69, 9.17) is 23.2 Å². The average molecular weight is 852 g/mol. The molecule has 0 saturated heterocycles. The van der Waals surface area contributed by atoms with Crippen LogP contribution in [-0.2, 0) is 38.5 Å². The van der Waals surface area contributed by atoms with Crippen molar-refractivity contribution < 1.29 is 46.1 Å². The molecule has 0 heterocycles. The molecule has 0 nitrogen and oxygen atoms in total. The van der Waals surface area contributed by atoms with Gasteiger partial charge in [0.1, 0.15) is 0 Å². The van der Waals surface area contributed by atoms with Crippen molar-refractivity contribution in [1.29, 1.82) is 0 Å². The Hall–Kier alpha value is -1.73. The number of hydrogen-bond donors (Lipinski definition) is 0. The van der Waals surface area contributed by atoms with Crippen LogP contribution in [0.4, 0.5) is 0 Å². The zero-order chi connectivity index (χ0) is 36.2. The first-order chi connectivity index (χ1) is 23.5. The topological polar surface area (TPSA) is 0 Å². The Balaban J connectivity index is 0.00000302. The summed E-state index contributed by atoms with van der Waals surface area (Å²) in [5.74, 6) is 0.443. The van der Waals surface area contributed by atoms with Crippen molar-refractivity contribution in [2.45, 2.75) is 106 Å². The number of allylic oxidation sites excluding steroid dienone is 4. The van der Waals surface area contributed by atoms with Gasteiger partial charge in [-0.1, -0.05) is 0 Å². The minimum absolute atomic E-state index is 0. The van der Waals surface area contributed by atoms with Crippen LogP contribution >= 0.6 is 23.2 Å². The van der Waals surface area contributed by atoms with Gasteiger partial charge < -0.3 is 24.8 Å². The van der Waals surface area contributed by atoms with Crippen molar-refractivity contribution in [3.05, 3.63) is 143 Å². The fourth-order valence-electron chi connectivity index (χ4n) is 7.54. The Morgan fingerprint density at radius 3 is 1.71 bits per heavy atom. The molecule has 4 aromatic carbocycles. The van der Waals surface area contributed by atoms with Gasteiger partial charge >= 0.3 is 322 Å². The molecule has 0 spiro atoms. The zero-order valence-corrected chi connectivity index (χ0v) is 38.1. The Labute approximate surface area is 344 Å². The van der Waals surface area contributed by atoms with Gasteiger partial charge in [0.15, 0.2) is 0 Å². The summed E-state index contributed by atoms with van der Waals surface area (Å²) in [6.45, 7) is 23.6.